The number of carboxylic acids is 1. The average Bonchev–Trinajstić information content (AvgIpc) is 2.89. The molecule has 0 radical (unpaired) electrons. The number of benzene rings is 1. The molecule has 0 saturated carbocycles. The normalized spacial score (nSPS) is 11.1. The van der Waals surface area contributed by atoms with Crippen LogP contribution in [0.15, 0.2) is 30.5 Å². The Bertz CT molecular complexity index is 791. The van der Waals surface area contributed by atoms with E-state index in [9.17, 15) is 9.18 Å². The van der Waals surface area contributed by atoms with E-state index in [1.54, 1.807) is 29.7 Å². The maximum atomic E-state index is 13.2. The topological polar surface area (TPSA) is 54.6 Å². The minimum atomic E-state index is -0.958. The molecule has 1 aromatic carbocycles. The number of nitrogens with zero attached hydrogens (tertiary/aromatic N) is 2. The van der Waals surface area contributed by atoms with Gasteiger partial charge >= 0.3 is 5.97 Å². The monoisotopic (exact) mass is 276 g/mol. The number of rotatable bonds is 2. The van der Waals surface area contributed by atoms with E-state index in [4.69, 9.17) is 5.11 Å². The molecule has 0 amide bonds. The third-order valence-corrected chi connectivity index (χ3v) is 4.02. The Kier molecular flexibility index (Phi) is 2.60. The second-order valence-electron chi connectivity index (χ2n) is 4.11. The van der Waals surface area contributed by atoms with E-state index in [-0.39, 0.29) is 10.7 Å². The predicted molar refractivity (Wildman–Crippen MR) is 70.2 cm³/mol. The number of hydrogen-bond acceptors (Lipinski definition) is 3. The van der Waals surface area contributed by atoms with Crippen LogP contribution in [-0.4, -0.2) is 20.5 Å². The minimum absolute atomic E-state index is 0.272. The molecule has 4 nitrogen and oxygen atoms in total. The Morgan fingerprint density at radius 3 is 2.89 bits per heavy atom. The van der Waals surface area contributed by atoms with Crippen LogP contribution >= 0.6 is 11.3 Å². The molecule has 0 spiro atoms. The molecule has 6 heteroatoms. The van der Waals surface area contributed by atoms with Crippen LogP contribution in [0, 0.1) is 12.7 Å². The fraction of sp³-hybridized carbons (Fsp3) is 0.0769. The van der Waals surface area contributed by atoms with Crippen LogP contribution in [0.5, 0.6) is 0 Å². The summed E-state index contributed by atoms with van der Waals surface area (Å²) >= 11 is 1.11. The molecule has 96 valence electrons. The summed E-state index contributed by atoms with van der Waals surface area (Å²) in [5.41, 5.74) is 1.93. The largest absolute Gasteiger partial charge is 0.477 e. The van der Waals surface area contributed by atoms with Gasteiger partial charge in [-0.15, -0.1) is 0 Å². The maximum absolute atomic E-state index is 13.2. The lowest BCUT2D eigenvalue weighted by Gasteiger charge is -1.96. The van der Waals surface area contributed by atoms with Crippen molar-refractivity contribution < 1.29 is 14.3 Å². The first-order chi connectivity index (χ1) is 9.06. The van der Waals surface area contributed by atoms with E-state index in [2.05, 4.69) is 4.98 Å². The van der Waals surface area contributed by atoms with Gasteiger partial charge < -0.3 is 5.11 Å². The van der Waals surface area contributed by atoms with Crippen LogP contribution in [0.2, 0.25) is 0 Å². The van der Waals surface area contributed by atoms with Crippen LogP contribution < -0.4 is 0 Å². The Morgan fingerprint density at radius 1 is 1.47 bits per heavy atom. The number of thiazole rings is 1. The lowest BCUT2D eigenvalue weighted by atomic mass is 10.2. The van der Waals surface area contributed by atoms with Crippen molar-refractivity contribution in [3.8, 4) is 11.3 Å². The highest BCUT2D eigenvalue weighted by Gasteiger charge is 2.17. The highest BCUT2D eigenvalue weighted by atomic mass is 32.1. The zero-order valence-electron chi connectivity index (χ0n) is 9.92. The first-order valence-corrected chi connectivity index (χ1v) is 6.35. The molecule has 0 aliphatic rings. The number of aromatic carboxylic acids is 1. The summed E-state index contributed by atoms with van der Waals surface area (Å²) in [4.78, 5) is 16.2. The Hall–Kier alpha value is -2.21. The van der Waals surface area contributed by atoms with Crippen molar-refractivity contribution >= 4 is 22.3 Å². The fourth-order valence-corrected chi connectivity index (χ4v) is 2.88. The molecule has 0 bridgehead atoms. The van der Waals surface area contributed by atoms with Gasteiger partial charge in [0.1, 0.15) is 10.7 Å². The summed E-state index contributed by atoms with van der Waals surface area (Å²) in [5, 5.41) is 9.03. The molecule has 3 aromatic rings. The van der Waals surface area contributed by atoms with E-state index in [0.29, 0.717) is 21.9 Å². The lowest BCUT2D eigenvalue weighted by Crippen LogP contribution is -1.96. The lowest BCUT2D eigenvalue weighted by molar-refractivity contribution is 0.0701. The molecule has 0 atom stereocenters. The molecule has 2 aromatic heterocycles. The van der Waals surface area contributed by atoms with Gasteiger partial charge in [0.15, 0.2) is 4.96 Å². The molecular formula is C13H9FN2O2S. The molecule has 19 heavy (non-hydrogen) atoms. The first kappa shape index (κ1) is 11.9. The zero-order chi connectivity index (χ0) is 13.6. The van der Waals surface area contributed by atoms with Crippen molar-refractivity contribution in [3.05, 3.63) is 46.9 Å². The van der Waals surface area contributed by atoms with Gasteiger partial charge in [0, 0.05) is 17.5 Å². The SMILES string of the molecule is Cc1c(C(=O)O)sc2nc(-c3cccc(F)c3)cn12. The minimum Gasteiger partial charge on any atom is -0.477 e. The fourth-order valence-electron chi connectivity index (χ4n) is 1.94. The maximum Gasteiger partial charge on any atom is 0.347 e. The van der Waals surface area contributed by atoms with E-state index in [1.807, 2.05) is 0 Å². The molecule has 0 aliphatic heterocycles. The van der Waals surface area contributed by atoms with Gasteiger partial charge in [-0.1, -0.05) is 23.5 Å². The molecule has 0 fully saturated rings. The smallest absolute Gasteiger partial charge is 0.347 e. The molecule has 1 N–H and O–H groups in total. The van der Waals surface area contributed by atoms with Gasteiger partial charge in [0.2, 0.25) is 0 Å². The number of fused-ring (bicyclic) bond motifs is 1. The van der Waals surface area contributed by atoms with Crippen LogP contribution in [0.3, 0.4) is 0 Å². The molecular weight excluding hydrogens is 267 g/mol. The van der Waals surface area contributed by atoms with Gasteiger partial charge in [-0.25, -0.2) is 14.2 Å². The highest BCUT2D eigenvalue weighted by molar-refractivity contribution is 7.19. The number of aryl methyl sites for hydroxylation is 1. The van der Waals surface area contributed by atoms with E-state index >= 15 is 0 Å². The third kappa shape index (κ3) is 1.90. The van der Waals surface area contributed by atoms with Crippen molar-refractivity contribution in [3.63, 3.8) is 0 Å². The Labute approximate surface area is 111 Å². The van der Waals surface area contributed by atoms with Crippen molar-refractivity contribution in [2.45, 2.75) is 6.92 Å². The summed E-state index contributed by atoms with van der Waals surface area (Å²) in [6.45, 7) is 1.73. The van der Waals surface area contributed by atoms with Crippen LogP contribution in [0.1, 0.15) is 15.4 Å². The molecule has 0 saturated heterocycles. The number of carbonyl (C=O) groups is 1. The van der Waals surface area contributed by atoms with Gasteiger partial charge in [0.25, 0.3) is 0 Å². The number of hydrogen-bond donors (Lipinski definition) is 1. The van der Waals surface area contributed by atoms with E-state index in [0.717, 1.165) is 11.3 Å². The molecule has 3 rings (SSSR count). The number of halogens is 1. The van der Waals surface area contributed by atoms with Gasteiger partial charge in [0.05, 0.1) is 5.69 Å². The number of aromatic nitrogens is 2. The second kappa shape index (κ2) is 4.17. The summed E-state index contributed by atoms with van der Waals surface area (Å²) in [7, 11) is 0. The average molecular weight is 276 g/mol. The quantitative estimate of drug-likeness (QED) is 0.782. The van der Waals surface area contributed by atoms with Crippen molar-refractivity contribution in [2.75, 3.05) is 0 Å². The van der Waals surface area contributed by atoms with E-state index < -0.39 is 5.97 Å². The summed E-state index contributed by atoms with van der Waals surface area (Å²) in [5.74, 6) is -1.28. The third-order valence-electron chi connectivity index (χ3n) is 2.87. The number of carboxylic acid groups (broad SMARTS) is 1. The predicted octanol–water partition coefficient (Wildman–Crippen LogP) is 3.21. The van der Waals surface area contributed by atoms with E-state index in [1.165, 1.54) is 12.1 Å². The van der Waals surface area contributed by atoms with Gasteiger partial charge in [-0.2, -0.15) is 0 Å². The molecule has 2 heterocycles. The number of imidazole rings is 1. The summed E-state index contributed by atoms with van der Waals surface area (Å²) < 4.78 is 14.9. The summed E-state index contributed by atoms with van der Waals surface area (Å²) in [6, 6.07) is 6.16. The summed E-state index contributed by atoms with van der Waals surface area (Å²) in [6.07, 6.45) is 1.72. The van der Waals surface area contributed by atoms with Crippen LogP contribution in [0.4, 0.5) is 4.39 Å². The zero-order valence-corrected chi connectivity index (χ0v) is 10.7. The van der Waals surface area contributed by atoms with Gasteiger partial charge in [-0.3, -0.25) is 4.40 Å². The van der Waals surface area contributed by atoms with Crippen LogP contribution in [-0.2, 0) is 0 Å². The van der Waals surface area contributed by atoms with Crippen molar-refractivity contribution in [1.29, 1.82) is 0 Å². The molecule has 0 aliphatic carbocycles. The van der Waals surface area contributed by atoms with Crippen molar-refractivity contribution in [1.82, 2.24) is 9.38 Å². The van der Waals surface area contributed by atoms with Crippen LogP contribution in [0.25, 0.3) is 16.2 Å². The highest BCUT2D eigenvalue weighted by Crippen LogP contribution is 2.27. The Morgan fingerprint density at radius 2 is 2.26 bits per heavy atom. The van der Waals surface area contributed by atoms with Crippen molar-refractivity contribution in [2.24, 2.45) is 0 Å². The standard InChI is InChI=1S/C13H9FN2O2S/c1-7-11(12(17)18)19-13-15-10(6-16(7)13)8-3-2-4-9(14)5-8/h2-6H,1H3,(H,17,18). The van der Waals surface area contributed by atoms with Gasteiger partial charge in [-0.05, 0) is 19.1 Å². The molecule has 0 unspecified atom stereocenters. The first-order valence-electron chi connectivity index (χ1n) is 5.54. The Balaban J connectivity index is 2.16. The second-order valence-corrected chi connectivity index (χ2v) is 5.09.